The second kappa shape index (κ2) is 15.3. The summed E-state index contributed by atoms with van der Waals surface area (Å²) in [4.78, 5) is 29.0. The fourth-order valence-corrected chi connectivity index (χ4v) is 7.43. The Bertz CT molecular complexity index is 1790. The Morgan fingerprint density at radius 2 is 1.29 bits per heavy atom. The Labute approximate surface area is 293 Å². The Hall–Kier alpha value is -4.64. The van der Waals surface area contributed by atoms with Crippen LogP contribution in [-0.4, -0.2) is 55.1 Å². The number of rotatable bonds is 11. The SMILES string of the molecule is O=C(NC1CCN(CCCCC(C(=O)NCC(F)(F)F)C2c3ccccc3-c3ccccc32)CC1)c1ccccc1-c1ccc(C(F)(F)F)cc1. The standard InChI is InChI=1S/C40H39F6N3O2/c41-39(42,43)25-47-37(50)35(36-32-12-4-2-10-30(32)31-11-3-5-13-33(31)36)15-7-8-22-49-23-20-28(21-24-49)48-38(51)34-14-6-1-9-29(34)26-16-18-27(19-17-26)40(44,45)46/h1-6,9-14,16-19,28,35-36H,7-8,15,20-25H2,(H,47,50)(H,48,51). The van der Waals surface area contributed by atoms with Crippen molar-refractivity contribution in [2.45, 2.75) is 56.4 Å². The van der Waals surface area contributed by atoms with Gasteiger partial charge in [-0.05, 0) is 83.8 Å². The number of halogens is 6. The van der Waals surface area contributed by atoms with Crippen LogP contribution in [0.5, 0.6) is 0 Å². The van der Waals surface area contributed by atoms with Gasteiger partial charge in [-0.3, -0.25) is 9.59 Å². The van der Waals surface area contributed by atoms with E-state index in [1.807, 2.05) is 48.5 Å². The number of fused-ring (bicyclic) bond motifs is 3. The van der Waals surface area contributed by atoms with Gasteiger partial charge in [-0.1, -0.05) is 85.3 Å². The van der Waals surface area contributed by atoms with Gasteiger partial charge in [0.2, 0.25) is 5.91 Å². The first kappa shape index (κ1) is 36.2. The fourth-order valence-electron chi connectivity index (χ4n) is 7.43. The summed E-state index contributed by atoms with van der Waals surface area (Å²) in [6, 6.07) is 27.1. The van der Waals surface area contributed by atoms with E-state index in [-0.39, 0.29) is 17.9 Å². The van der Waals surface area contributed by atoms with Gasteiger partial charge in [-0.15, -0.1) is 0 Å². The zero-order valence-electron chi connectivity index (χ0n) is 27.9. The second-order valence-corrected chi connectivity index (χ2v) is 13.3. The zero-order valence-corrected chi connectivity index (χ0v) is 27.9. The van der Waals surface area contributed by atoms with Crippen molar-refractivity contribution in [3.63, 3.8) is 0 Å². The van der Waals surface area contributed by atoms with Crippen LogP contribution in [0.3, 0.4) is 0 Å². The molecule has 0 spiro atoms. The van der Waals surface area contributed by atoms with Crippen LogP contribution in [0.2, 0.25) is 0 Å². The van der Waals surface area contributed by atoms with Crippen LogP contribution in [0.1, 0.15) is 65.1 Å². The molecule has 0 saturated carbocycles. The summed E-state index contributed by atoms with van der Waals surface area (Å²) in [5.74, 6) is -1.88. The van der Waals surface area contributed by atoms with Gasteiger partial charge in [0, 0.05) is 36.5 Å². The summed E-state index contributed by atoms with van der Waals surface area (Å²) < 4.78 is 78.4. The number of amides is 2. The van der Waals surface area contributed by atoms with Gasteiger partial charge in [0.25, 0.3) is 5.91 Å². The van der Waals surface area contributed by atoms with E-state index in [0.717, 1.165) is 60.4 Å². The van der Waals surface area contributed by atoms with Gasteiger partial charge >= 0.3 is 12.4 Å². The molecule has 1 unspecified atom stereocenters. The number of likely N-dealkylation sites (tertiary alicyclic amines) is 1. The van der Waals surface area contributed by atoms with E-state index in [1.165, 1.54) is 12.1 Å². The predicted octanol–water partition coefficient (Wildman–Crippen LogP) is 8.84. The molecule has 4 aromatic carbocycles. The number of carbonyl (C=O) groups excluding carboxylic acids is 2. The van der Waals surface area contributed by atoms with E-state index in [1.54, 1.807) is 24.3 Å². The summed E-state index contributed by atoms with van der Waals surface area (Å²) in [5, 5.41) is 5.25. The summed E-state index contributed by atoms with van der Waals surface area (Å²) in [7, 11) is 0. The van der Waals surface area contributed by atoms with Crippen LogP contribution in [-0.2, 0) is 11.0 Å². The monoisotopic (exact) mass is 707 g/mol. The van der Waals surface area contributed by atoms with Crippen molar-refractivity contribution in [2.75, 3.05) is 26.2 Å². The highest BCUT2D eigenvalue weighted by molar-refractivity contribution is 6.01. The van der Waals surface area contributed by atoms with Crippen LogP contribution in [0, 0.1) is 5.92 Å². The van der Waals surface area contributed by atoms with Crippen molar-refractivity contribution in [3.8, 4) is 22.3 Å². The number of alkyl halides is 6. The smallest absolute Gasteiger partial charge is 0.349 e. The molecular weight excluding hydrogens is 668 g/mol. The minimum atomic E-state index is -4.51. The third-order valence-electron chi connectivity index (χ3n) is 9.94. The first-order chi connectivity index (χ1) is 24.4. The number of carbonyl (C=O) groups is 2. The number of piperidine rings is 1. The third-order valence-corrected chi connectivity index (χ3v) is 9.94. The Kier molecular flexibility index (Phi) is 10.9. The molecule has 5 nitrogen and oxygen atoms in total. The van der Waals surface area contributed by atoms with Crippen LogP contribution in [0.15, 0.2) is 97.1 Å². The highest BCUT2D eigenvalue weighted by Gasteiger charge is 2.39. The number of hydrogen-bond acceptors (Lipinski definition) is 3. The molecule has 6 rings (SSSR count). The minimum absolute atomic E-state index is 0.0707. The topological polar surface area (TPSA) is 61.4 Å². The molecule has 1 aliphatic heterocycles. The van der Waals surface area contributed by atoms with Gasteiger partial charge in [0.05, 0.1) is 5.56 Å². The van der Waals surface area contributed by atoms with E-state index >= 15 is 0 Å². The Morgan fingerprint density at radius 3 is 1.88 bits per heavy atom. The largest absolute Gasteiger partial charge is 0.416 e. The highest BCUT2D eigenvalue weighted by Crippen LogP contribution is 2.49. The number of unbranched alkanes of at least 4 members (excludes halogenated alkanes) is 1. The lowest BCUT2D eigenvalue weighted by Crippen LogP contribution is -2.45. The van der Waals surface area contributed by atoms with Gasteiger partial charge < -0.3 is 15.5 Å². The minimum Gasteiger partial charge on any atom is -0.349 e. The van der Waals surface area contributed by atoms with E-state index in [0.29, 0.717) is 42.4 Å². The second-order valence-electron chi connectivity index (χ2n) is 13.3. The third kappa shape index (κ3) is 8.64. The molecule has 0 radical (unpaired) electrons. The van der Waals surface area contributed by atoms with Crippen molar-refractivity contribution >= 4 is 11.8 Å². The fraction of sp³-hybridized carbons (Fsp3) is 0.350. The van der Waals surface area contributed by atoms with Crippen molar-refractivity contribution < 1.29 is 35.9 Å². The summed E-state index contributed by atoms with van der Waals surface area (Å²) in [5.41, 5.74) is 4.63. The summed E-state index contributed by atoms with van der Waals surface area (Å²) in [6.07, 6.45) is -5.68. The molecule has 1 fully saturated rings. The lowest BCUT2D eigenvalue weighted by Gasteiger charge is -2.32. The average Bonchev–Trinajstić information content (AvgIpc) is 3.45. The number of nitrogens with zero attached hydrogens (tertiary/aromatic N) is 1. The molecule has 4 aromatic rings. The molecule has 2 amide bonds. The Balaban J connectivity index is 1.03. The van der Waals surface area contributed by atoms with Crippen molar-refractivity contribution in [1.29, 1.82) is 0 Å². The molecule has 1 saturated heterocycles. The lowest BCUT2D eigenvalue weighted by molar-refractivity contribution is -0.141. The maximum Gasteiger partial charge on any atom is 0.416 e. The van der Waals surface area contributed by atoms with Crippen molar-refractivity contribution in [2.24, 2.45) is 5.92 Å². The van der Waals surface area contributed by atoms with E-state index < -0.39 is 36.3 Å². The van der Waals surface area contributed by atoms with Gasteiger partial charge in [-0.25, -0.2) is 0 Å². The maximum atomic E-state index is 13.4. The molecule has 2 aliphatic rings. The number of benzene rings is 4. The number of hydrogen-bond donors (Lipinski definition) is 2. The number of nitrogens with one attached hydrogen (secondary N) is 2. The zero-order chi connectivity index (χ0) is 36.2. The van der Waals surface area contributed by atoms with E-state index in [4.69, 9.17) is 0 Å². The molecule has 11 heteroatoms. The summed E-state index contributed by atoms with van der Waals surface area (Å²) in [6.45, 7) is 0.866. The average molecular weight is 708 g/mol. The van der Waals surface area contributed by atoms with Gasteiger partial charge in [0.15, 0.2) is 0 Å². The lowest BCUT2D eigenvalue weighted by atomic mass is 9.80. The first-order valence-electron chi connectivity index (χ1n) is 17.2. The van der Waals surface area contributed by atoms with E-state index in [2.05, 4.69) is 15.5 Å². The van der Waals surface area contributed by atoms with E-state index in [9.17, 15) is 35.9 Å². The van der Waals surface area contributed by atoms with Crippen LogP contribution in [0.25, 0.3) is 22.3 Å². The molecule has 0 bridgehead atoms. The quantitative estimate of drug-likeness (QED) is 0.121. The van der Waals surface area contributed by atoms with Crippen LogP contribution >= 0.6 is 0 Å². The van der Waals surface area contributed by atoms with Crippen molar-refractivity contribution in [3.05, 3.63) is 119 Å². The normalized spacial score (nSPS) is 16.0. The molecule has 268 valence electrons. The molecule has 1 atom stereocenters. The molecule has 0 aromatic heterocycles. The molecule has 2 N–H and O–H groups in total. The molecule has 51 heavy (non-hydrogen) atoms. The van der Waals surface area contributed by atoms with Crippen molar-refractivity contribution in [1.82, 2.24) is 15.5 Å². The van der Waals surface area contributed by atoms with Gasteiger partial charge in [-0.2, -0.15) is 26.3 Å². The van der Waals surface area contributed by atoms with Gasteiger partial charge in [0.1, 0.15) is 6.54 Å². The summed E-state index contributed by atoms with van der Waals surface area (Å²) >= 11 is 0. The van der Waals surface area contributed by atoms with Crippen LogP contribution in [0.4, 0.5) is 26.3 Å². The highest BCUT2D eigenvalue weighted by atomic mass is 19.4. The molecule has 1 heterocycles. The molecule has 1 aliphatic carbocycles. The van der Waals surface area contributed by atoms with Crippen LogP contribution < -0.4 is 10.6 Å². The molecular formula is C40H39F6N3O2. The Morgan fingerprint density at radius 1 is 0.725 bits per heavy atom. The first-order valence-corrected chi connectivity index (χ1v) is 17.2. The predicted molar refractivity (Wildman–Crippen MR) is 184 cm³/mol. The maximum absolute atomic E-state index is 13.4.